The molecule has 1 fully saturated rings. The molecular formula is C18H22NO3+. The molecule has 0 saturated heterocycles. The molecule has 1 aliphatic heterocycles. The van der Waals surface area contributed by atoms with Gasteiger partial charge in [0.25, 0.3) is 0 Å². The van der Waals surface area contributed by atoms with E-state index in [9.17, 15) is 4.79 Å². The van der Waals surface area contributed by atoms with Crippen molar-refractivity contribution in [2.24, 2.45) is 0 Å². The highest BCUT2D eigenvalue weighted by molar-refractivity contribution is 5.85. The number of hydrogen-bond donors (Lipinski definition) is 1. The van der Waals surface area contributed by atoms with E-state index in [4.69, 9.17) is 9.15 Å². The number of aryl methyl sites for hydroxylation is 1. The van der Waals surface area contributed by atoms with Gasteiger partial charge in [-0.15, -0.1) is 0 Å². The van der Waals surface area contributed by atoms with Crippen molar-refractivity contribution in [1.29, 1.82) is 0 Å². The molecule has 4 heteroatoms. The predicted molar refractivity (Wildman–Crippen MR) is 84.3 cm³/mol. The van der Waals surface area contributed by atoms with E-state index in [0.29, 0.717) is 0 Å². The van der Waals surface area contributed by atoms with Crippen molar-refractivity contribution in [3.63, 3.8) is 0 Å². The van der Waals surface area contributed by atoms with Gasteiger partial charge in [-0.3, -0.25) is 4.90 Å². The maximum absolute atomic E-state index is 12.0. The van der Waals surface area contributed by atoms with E-state index >= 15 is 0 Å². The van der Waals surface area contributed by atoms with Gasteiger partial charge in [-0.2, -0.15) is 0 Å². The SMILES string of the molecule is CCCCc1cc(=O)oc2c3c(ccc12)OC[NH+](C1CC1)C3. The Hall–Kier alpha value is -1.81. The fourth-order valence-corrected chi connectivity index (χ4v) is 3.41. The number of hydrogen-bond acceptors (Lipinski definition) is 3. The molecule has 1 aromatic carbocycles. The van der Waals surface area contributed by atoms with Crippen LogP contribution in [0.4, 0.5) is 0 Å². The summed E-state index contributed by atoms with van der Waals surface area (Å²) in [4.78, 5) is 13.4. The summed E-state index contributed by atoms with van der Waals surface area (Å²) in [7, 11) is 0. The minimum Gasteiger partial charge on any atom is -0.445 e. The summed E-state index contributed by atoms with van der Waals surface area (Å²) in [6.07, 6.45) is 5.70. The van der Waals surface area contributed by atoms with E-state index in [0.717, 1.165) is 66.4 Å². The average Bonchev–Trinajstić information content (AvgIpc) is 3.36. The second-order valence-corrected chi connectivity index (χ2v) is 6.51. The molecule has 2 aromatic rings. The van der Waals surface area contributed by atoms with Crippen molar-refractivity contribution in [2.45, 2.75) is 51.6 Å². The highest BCUT2D eigenvalue weighted by Gasteiger charge is 2.37. The monoisotopic (exact) mass is 300 g/mol. The second kappa shape index (κ2) is 5.43. The Morgan fingerprint density at radius 1 is 1.32 bits per heavy atom. The van der Waals surface area contributed by atoms with Crippen molar-refractivity contribution in [3.05, 3.63) is 39.7 Å². The Labute approximate surface area is 129 Å². The molecule has 1 aliphatic carbocycles. The number of nitrogens with one attached hydrogen (secondary N) is 1. The standard InChI is InChI=1S/C18H21NO3/c1-2-3-4-12-9-17(20)22-18-14(12)7-8-16-15(18)10-19(11-21-16)13-5-6-13/h7-9,13H,2-6,10-11H2,1H3/p+1. The Morgan fingerprint density at radius 3 is 2.95 bits per heavy atom. The number of unbranched alkanes of at least 4 members (excludes halogenated alkanes) is 1. The van der Waals surface area contributed by atoms with Gasteiger partial charge >= 0.3 is 5.63 Å². The van der Waals surface area contributed by atoms with Crippen LogP contribution in [0.5, 0.6) is 5.75 Å². The molecule has 0 bridgehead atoms. The van der Waals surface area contributed by atoms with Gasteiger partial charge in [-0.05, 0) is 30.5 Å². The summed E-state index contributed by atoms with van der Waals surface area (Å²) in [5, 5.41) is 1.08. The van der Waals surface area contributed by atoms with Crippen molar-refractivity contribution in [1.82, 2.24) is 0 Å². The molecule has 1 unspecified atom stereocenters. The van der Waals surface area contributed by atoms with E-state index in [2.05, 4.69) is 6.92 Å². The lowest BCUT2D eigenvalue weighted by Crippen LogP contribution is -3.13. The summed E-state index contributed by atoms with van der Waals surface area (Å²) < 4.78 is 11.5. The Balaban J connectivity index is 1.82. The molecule has 2 aliphatic rings. The van der Waals surface area contributed by atoms with Crippen LogP contribution in [0.3, 0.4) is 0 Å². The zero-order chi connectivity index (χ0) is 15.1. The number of fused-ring (bicyclic) bond motifs is 3. The first-order valence-corrected chi connectivity index (χ1v) is 8.32. The van der Waals surface area contributed by atoms with Crippen molar-refractivity contribution in [2.75, 3.05) is 6.73 Å². The van der Waals surface area contributed by atoms with E-state index in [-0.39, 0.29) is 5.63 Å². The van der Waals surface area contributed by atoms with Gasteiger partial charge < -0.3 is 9.15 Å². The van der Waals surface area contributed by atoms with Crippen molar-refractivity contribution in [3.8, 4) is 5.75 Å². The van der Waals surface area contributed by atoms with Gasteiger partial charge in [0.1, 0.15) is 12.3 Å². The molecule has 0 amide bonds. The molecular weight excluding hydrogens is 278 g/mol. The summed E-state index contributed by atoms with van der Waals surface area (Å²) in [5.74, 6) is 0.882. The molecule has 1 saturated carbocycles. The molecule has 0 radical (unpaired) electrons. The molecule has 4 nitrogen and oxygen atoms in total. The fraction of sp³-hybridized carbons (Fsp3) is 0.500. The van der Waals surface area contributed by atoms with Crippen molar-refractivity contribution >= 4 is 11.0 Å². The summed E-state index contributed by atoms with van der Waals surface area (Å²) >= 11 is 0. The van der Waals surface area contributed by atoms with Gasteiger partial charge in [-0.1, -0.05) is 13.3 Å². The van der Waals surface area contributed by atoms with Gasteiger partial charge in [-0.25, -0.2) is 4.79 Å². The largest absolute Gasteiger partial charge is 0.445 e. The first kappa shape index (κ1) is 13.8. The van der Waals surface area contributed by atoms with E-state index in [1.807, 2.05) is 12.1 Å². The van der Waals surface area contributed by atoms with Gasteiger partial charge in [0, 0.05) is 24.3 Å². The van der Waals surface area contributed by atoms with Crippen LogP contribution in [-0.2, 0) is 13.0 Å². The molecule has 22 heavy (non-hydrogen) atoms. The van der Waals surface area contributed by atoms with Crippen LogP contribution in [-0.4, -0.2) is 12.8 Å². The zero-order valence-electron chi connectivity index (χ0n) is 13.0. The van der Waals surface area contributed by atoms with Crippen LogP contribution < -0.4 is 15.3 Å². The highest BCUT2D eigenvalue weighted by Crippen LogP contribution is 2.31. The Morgan fingerprint density at radius 2 is 2.18 bits per heavy atom. The van der Waals surface area contributed by atoms with Gasteiger partial charge in [0.15, 0.2) is 5.58 Å². The van der Waals surface area contributed by atoms with E-state index in [1.54, 1.807) is 6.07 Å². The lowest BCUT2D eigenvalue weighted by Gasteiger charge is -2.26. The molecule has 1 aromatic heterocycles. The summed E-state index contributed by atoms with van der Waals surface area (Å²) in [6, 6.07) is 6.46. The van der Waals surface area contributed by atoms with Crippen LogP contribution in [0.2, 0.25) is 0 Å². The lowest BCUT2D eigenvalue weighted by molar-refractivity contribution is -0.943. The van der Waals surface area contributed by atoms with Crippen LogP contribution in [0, 0.1) is 0 Å². The number of quaternary nitrogens is 1. The maximum Gasteiger partial charge on any atom is 0.336 e. The summed E-state index contributed by atoms with van der Waals surface area (Å²) in [6.45, 7) is 3.79. The van der Waals surface area contributed by atoms with Crippen molar-refractivity contribution < 1.29 is 14.1 Å². The minimum absolute atomic E-state index is 0.245. The first-order chi connectivity index (χ1) is 10.8. The zero-order valence-corrected chi connectivity index (χ0v) is 13.0. The van der Waals surface area contributed by atoms with E-state index < -0.39 is 0 Å². The summed E-state index contributed by atoms with van der Waals surface area (Å²) in [5.41, 5.74) is 2.68. The quantitative estimate of drug-likeness (QED) is 0.879. The molecule has 0 spiro atoms. The molecule has 2 heterocycles. The van der Waals surface area contributed by atoms with Gasteiger partial charge in [0.2, 0.25) is 6.73 Å². The van der Waals surface area contributed by atoms with Crippen LogP contribution >= 0.6 is 0 Å². The lowest BCUT2D eigenvalue weighted by atomic mass is 10.0. The molecule has 116 valence electrons. The number of benzene rings is 1. The third kappa shape index (κ3) is 2.41. The predicted octanol–water partition coefficient (Wildman–Crippen LogP) is 2.03. The second-order valence-electron chi connectivity index (χ2n) is 6.51. The van der Waals surface area contributed by atoms with E-state index in [1.165, 1.54) is 17.7 Å². The molecule has 1 N–H and O–H groups in total. The maximum atomic E-state index is 12.0. The average molecular weight is 300 g/mol. The third-order valence-electron chi connectivity index (χ3n) is 4.83. The van der Waals surface area contributed by atoms with Gasteiger partial charge in [0.05, 0.1) is 11.6 Å². The molecule has 1 atom stereocenters. The topological polar surface area (TPSA) is 43.9 Å². The Kier molecular flexibility index (Phi) is 3.41. The highest BCUT2D eigenvalue weighted by atomic mass is 16.5. The number of ether oxygens (including phenoxy) is 1. The van der Waals surface area contributed by atoms with Crippen LogP contribution in [0.15, 0.2) is 27.4 Å². The third-order valence-corrected chi connectivity index (χ3v) is 4.83. The number of rotatable bonds is 4. The minimum atomic E-state index is -0.245. The van der Waals surface area contributed by atoms with Crippen LogP contribution in [0.1, 0.15) is 43.7 Å². The fourth-order valence-electron chi connectivity index (χ4n) is 3.41. The first-order valence-electron chi connectivity index (χ1n) is 8.32. The molecule has 4 rings (SSSR count). The van der Waals surface area contributed by atoms with Crippen LogP contribution in [0.25, 0.3) is 11.0 Å². The smallest absolute Gasteiger partial charge is 0.336 e. The Bertz CT molecular complexity index is 761. The normalized spacial score (nSPS) is 20.7.